The standard InChI is InChI=1S/C24H25N/c1-3-19-5-4-6-20(15-19)17-25-13-11-21(12-14-25)22-9-10-24-18(2)7-8-23(24)16-22/h1,4-6,9-10,15-16,21H,2,7-8,11-14,17H2. The maximum absolute atomic E-state index is 5.51. The molecule has 0 bridgehead atoms. The molecular weight excluding hydrogens is 302 g/mol. The number of likely N-dealkylation sites (tertiary alicyclic amines) is 1. The number of aryl methyl sites for hydroxylation is 1. The van der Waals surface area contributed by atoms with E-state index in [0.717, 1.165) is 31.6 Å². The minimum atomic E-state index is 0.701. The summed E-state index contributed by atoms with van der Waals surface area (Å²) in [5.74, 6) is 3.43. The molecule has 0 N–H and O–H groups in total. The van der Waals surface area contributed by atoms with Gasteiger partial charge in [0.05, 0.1) is 0 Å². The third-order valence-electron chi connectivity index (χ3n) is 5.77. The lowest BCUT2D eigenvalue weighted by Crippen LogP contribution is -2.32. The molecule has 4 rings (SSSR count). The molecule has 0 saturated carbocycles. The Bertz CT molecular complexity index is 831. The summed E-state index contributed by atoms with van der Waals surface area (Å²) in [6, 6.07) is 15.5. The van der Waals surface area contributed by atoms with Gasteiger partial charge in [-0.2, -0.15) is 0 Å². The van der Waals surface area contributed by atoms with E-state index in [0.29, 0.717) is 5.92 Å². The summed E-state index contributed by atoms with van der Waals surface area (Å²) in [6.07, 6.45) is 10.3. The summed E-state index contributed by atoms with van der Waals surface area (Å²) in [7, 11) is 0. The van der Waals surface area contributed by atoms with Crippen LogP contribution in [0.1, 0.15) is 53.0 Å². The highest BCUT2D eigenvalue weighted by molar-refractivity contribution is 5.71. The van der Waals surface area contributed by atoms with E-state index >= 15 is 0 Å². The van der Waals surface area contributed by atoms with Crippen molar-refractivity contribution in [1.82, 2.24) is 4.90 Å². The van der Waals surface area contributed by atoms with Crippen LogP contribution in [0.3, 0.4) is 0 Å². The molecule has 2 aromatic rings. The van der Waals surface area contributed by atoms with Crippen molar-refractivity contribution in [2.75, 3.05) is 13.1 Å². The second kappa shape index (κ2) is 6.90. The third kappa shape index (κ3) is 3.41. The highest BCUT2D eigenvalue weighted by atomic mass is 15.1. The molecule has 0 radical (unpaired) electrons. The number of piperidine rings is 1. The number of rotatable bonds is 3. The summed E-state index contributed by atoms with van der Waals surface area (Å²) < 4.78 is 0. The van der Waals surface area contributed by atoms with E-state index < -0.39 is 0 Å². The molecule has 0 unspecified atom stereocenters. The quantitative estimate of drug-likeness (QED) is 0.717. The SMILES string of the molecule is C#Cc1cccc(CN2CCC(c3ccc4c(c3)CCC4=C)CC2)c1. The predicted octanol–water partition coefficient (Wildman–Crippen LogP) is 5.01. The highest BCUT2D eigenvalue weighted by Gasteiger charge is 2.22. The van der Waals surface area contributed by atoms with Crippen molar-refractivity contribution in [1.29, 1.82) is 0 Å². The van der Waals surface area contributed by atoms with E-state index in [1.54, 1.807) is 0 Å². The van der Waals surface area contributed by atoms with Crippen molar-refractivity contribution in [3.63, 3.8) is 0 Å². The molecule has 2 aromatic carbocycles. The second-order valence-electron chi connectivity index (χ2n) is 7.42. The van der Waals surface area contributed by atoms with Gasteiger partial charge in [-0.3, -0.25) is 4.90 Å². The van der Waals surface area contributed by atoms with Gasteiger partial charge in [-0.15, -0.1) is 6.42 Å². The van der Waals surface area contributed by atoms with Gasteiger partial charge in [-0.05, 0) is 84.7 Å². The average Bonchev–Trinajstić information content (AvgIpc) is 3.03. The maximum Gasteiger partial charge on any atom is 0.0245 e. The van der Waals surface area contributed by atoms with Crippen LogP contribution in [0.4, 0.5) is 0 Å². The monoisotopic (exact) mass is 327 g/mol. The molecule has 1 fully saturated rings. The fourth-order valence-corrected chi connectivity index (χ4v) is 4.28. The molecular formula is C24H25N. The molecule has 0 amide bonds. The Morgan fingerprint density at radius 1 is 1.08 bits per heavy atom. The molecule has 126 valence electrons. The second-order valence-corrected chi connectivity index (χ2v) is 7.42. The van der Waals surface area contributed by atoms with Crippen LogP contribution in [0.25, 0.3) is 5.57 Å². The molecule has 1 aliphatic carbocycles. The smallest absolute Gasteiger partial charge is 0.0245 e. The van der Waals surface area contributed by atoms with Gasteiger partial charge in [-0.25, -0.2) is 0 Å². The zero-order valence-electron chi connectivity index (χ0n) is 14.8. The van der Waals surface area contributed by atoms with Crippen LogP contribution >= 0.6 is 0 Å². The molecule has 1 heterocycles. The fourth-order valence-electron chi connectivity index (χ4n) is 4.28. The first-order valence-corrected chi connectivity index (χ1v) is 9.32. The van der Waals surface area contributed by atoms with E-state index in [1.807, 2.05) is 6.07 Å². The van der Waals surface area contributed by atoms with Crippen LogP contribution in [0.15, 0.2) is 49.0 Å². The Morgan fingerprint density at radius 3 is 2.72 bits per heavy atom. The van der Waals surface area contributed by atoms with Crippen LogP contribution in [0.5, 0.6) is 0 Å². The molecule has 1 heteroatoms. The minimum absolute atomic E-state index is 0.701. The average molecular weight is 327 g/mol. The van der Waals surface area contributed by atoms with Gasteiger partial charge in [0.2, 0.25) is 0 Å². The molecule has 1 nitrogen and oxygen atoms in total. The number of allylic oxidation sites excluding steroid dienone is 1. The Balaban J connectivity index is 1.38. The van der Waals surface area contributed by atoms with Crippen molar-refractivity contribution in [2.45, 2.75) is 38.1 Å². The van der Waals surface area contributed by atoms with Gasteiger partial charge in [0.1, 0.15) is 0 Å². The number of terminal acetylenes is 1. The first-order valence-electron chi connectivity index (χ1n) is 9.32. The molecule has 1 aliphatic heterocycles. The van der Waals surface area contributed by atoms with Crippen LogP contribution in [0.2, 0.25) is 0 Å². The lowest BCUT2D eigenvalue weighted by Gasteiger charge is -2.32. The van der Waals surface area contributed by atoms with E-state index in [4.69, 9.17) is 6.42 Å². The number of nitrogens with zero attached hydrogens (tertiary/aromatic N) is 1. The maximum atomic E-state index is 5.51. The summed E-state index contributed by atoms with van der Waals surface area (Å²) >= 11 is 0. The van der Waals surface area contributed by atoms with Gasteiger partial charge >= 0.3 is 0 Å². The van der Waals surface area contributed by atoms with Crippen molar-refractivity contribution in [2.24, 2.45) is 0 Å². The van der Waals surface area contributed by atoms with Crippen LogP contribution < -0.4 is 0 Å². The van der Waals surface area contributed by atoms with Gasteiger partial charge in [0, 0.05) is 12.1 Å². The van der Waals surface area contributed by atoms with E-state index in [-0.39, 0.29) is 0 Å². The third-order valence-corrected chi connectivity index (χ3v) is 5.77. The number of fused-ring (bicyclic) bond motifs is 1. The Hall–Kier alpha value is -2.30. The first kappa shape index (κ1) is 16.2. The van der Waals surface area contributed by atoms with Gasteiger partial charge < -0.3 is 0 Å². The molecule has 25 heavy (non-hydrogen) atoms. The summed E-state index contributed by atoms with van der Waals surface area (Å²) in [5, 5.41) is 0. The van der Waals surface area contributed by atoms with Crippen molar-refractivity contribution >= 4 is 5.57 Å². The lowest BCUT2D eigenvalue weighted by molar-refractivity contribution is 0.204. The van der Waals surface area contributed by atoms with E-state index in [1.165, 1.54) is 47.1 Å². The molecule has 2 aliphatic rings. The number of benzene rings is 2. The zero-order valence-corrected chi connectivity index (χ0v) is 14.8. The zero-order chi connectivity index (χ0) is 17.2. The van der Waals surface area contributed by atoms with Crippen molar-refractivity contribution in [3.05, 3.63) is 76.9 Å². The molecule has 0 atom stereocenters. The normalized spacial score (nSPS) is 18.1. The molecule has 1 saturated heterocycles. The van der Waals surface area contributed by atoms with E-state index in [9.17, 15) is 0 Å². The van der Waals surface area contributed by atoms with Crippen molar-refractivity contribution in [3.8, 4) is 12.3 Å². The Kier molecular flexibility index (Phi) is 4.47. The Labute approximate surface area is 151 Å². The van der Waals surface area contributed by atoms with Crippen LogP contribution in [0, 0.1) is 12.3 Å². The summed E-state index contributed by atoms with van der Waals surface area (Å²) in [5.41, 5.74) is 8.05. The number of hydrogen-bond donors (Lipinski definition) is 0. The van der Waals surface area contributed by atoms with Crippen LogP contribution in [-0.2, 0) is 13.0 Å². The highest BCUT2D eigenvalue weighted by Crippen LogP contribution is 2.35. The minimum Gasteiger partial charge on any atom is -0.299 e. The largest absolute Gasteiger partial charge is 0.299 e. The first-order chi connectivity index (χ1) is 12.2. The topological polar surface area (TPSA) is 3.24 Å². The van der Waals surface area contributed by atoms with Crippen molar-refractivity contribution < 1.29 is 0 Å². The molecule has 0 spiro atoms. The summed E-state index contributed by atoms with van der Waals surface area (Å²) in [6.45, 7) is 7.51. The molecule has 0 aromatic heterocycles. The summed E-state index contributed by atoms with van der Waals surface area (Å²) in [4.78, 5) is 2.56. The van der Waals surface area contributed by atoms with Gasteiger partial charge in [0.25, 0.3) is 0 Å². The lowest BCUT2D eigenvalue weighted by atomic mass is 9.87. The predicted molar refractivity (Wildman–Crippen MR) is 105 cm³/mol. The van der Waals surface area contributed by atoms with Crippen LogP contribution in [-0.4, -0.2) is 18.0 Å². The Morgan fingerprint density at radius 2 is 1.92 bits per heavy atom. The number of hydrogen-bond acceptors (Lipinski definition) is 1. The van der Waals surface area contributed by atoms with Gasteiger partial charge in [0.15, 0.2) is 0 Å². The van der Waals surface area contributed by atoms with Gasteiger partial charge in [-0.1, -0.05) is 42.8 Å². The van der Waals surface area contributed by atoms with E-state index in [2.05, 4.69) is 53.8 Å². The fraction of sp³-hybridized carbons (Fsp3) is 0.333.